The molecule has 5 heteroatoms. The lowest BCUT2D eigenvalue weighted by Crippen LogP contribution is -2.04. The summed E-state index contributed by atoms with van der Waals surface area (Å²) in [5, 5.41) is 3.23. The van der Waals surface area contributed by atoms with Crippen LogP contribution >= 0.6 is 0 Å². The van der Waals surface area contributed by atoms with Gasteiger partial charge in [-0.1, -0.05) is 6.07 Å². The van der Waals surface area contributed by atoms with Gasteiger partial charge in [0.1, 0.15) is 18.1 Å². The Morgan fingerprint density at radius 3 is 3.06 bits per heavy atom. The third kappa shape index (κ3) is 3.78. The van der Waals surface area contributed by atoms with Crippen molar-refractivity contribution in [2.75, 3.05) is 25.6 Å². The van der Waals surface area contributed by atoms with Crippen LogP contribution in [0.25, 0.3) is 0 Å². The number of oxazole rings is 1. The Labute approximate surface area is 106 Å². The maximum atomic E-state index is 5.52. The predicted molar refractivity (Wildman–Crippen MR) is 67.6 cm³/mol. The number of nitrogens with one attached hydrogen (secondary N) is 1. The quantitative estimate of drug-likeness (QED) is 0.762. The number of hydrogen-bond donors (Lipinski definition) is 1. The lowest BCUT2D eigenvalue weighted by Gasteiger charge is -2.08. The summed E-state index contributed by atoms with van der Waals surface area (Å²) in [6, 6.07) is 7.76. The van der Waals surface area contributed by atoms with Crippen molar-refractivity contribution in [3.63, 3.8) is 0 Å². The first-order chi connectivity index (χ1) is 8.88. The summed E-state index contributed by atoms with van der Waals surface area (Å²) >= 11 is 0. The van der Waals surface area contributed by atoms with Crippen molar-refractivity contribution in [3.8, 4) is 5.75 Å². The molecule has 5 nitrogen and oxygen atoms in total. The number of aromatic nitrogens is 1. The van der Waals surface area contributed by atoms with Gasteiger partial charge in [0.05, 0.1) is 19.3 Å². The van der Waals surface area contributed by atoms with E-state index in [0.717, 1.165) is 17.2 Å². The van der Waals surface area contributed by atoms with E-state index in [1.807, 2.05) is 24.3 Å². The van der Waals surface area contributed by atoms with Gasteiger partial charge in [-0.3, -0.25) is 0 Å². The summed E-state index contributed by atoms with van der Waals surface area (Å²) in [6.07, 6.45) is 3.10. The summed E-state index contributed by atoms with van der Waals surface area (Å²) in [5.74, 6) is 1.61. The molecule has 0 aliphatic heterocycles. The van der Waals surface area contributed by atoms with Crippen LogP contribution in [0.5, 0.6) is 5.75 Å². The van der Waals surface area contributed by atoms with Crippen molar-refractivity contribution in [1.29, 1.82) is 0 Å². The number of methoxy groups -OCH3 is 1. The highest BCUT2D eigenvalue weighted by Gasteiger charge is 1.99. The molecule has 0 unspecified atom stereocenters. The molecule has 96 valence electrons. The van der Waals surface area contributed by atoms with Crippen LogP contribution in [-0.2, 0) is 11.3 Å². The van der Waals surface area contributed by atoms with Gasteiger partial charge in [-0.2, -0.15) is 0 Å². The minimum atomic E-state index is 0.544. The largest absolute Gasteiger partial charge is 0.491 e. The number of anilines is 1. The lowest BCUT2D eigenvalue weighted by molar-refractivity contribution is 0.146. The average molecular weight is 248 g/mol. The summed E-state index contributed by atoms with van der Waals surface area (Å²) in [5.41, 5.74) is 0.973. The molecule has 0 aliphatic carbocycles. The highest BCUT2D eigenvalue weighted by molar-refractivity contribution is 5.48. The Morgan fingerprint density at radius 1 is 1.33 bits per heavy atom. The molecule has 1 N–H and O–H groups in total. The monoisotopic (exact) mass is 248 g/mol. The minimum Gasteiger partial charge on any atom is -0.491 e. The molecule has 0 aliphatic rings. The normalized spacial score (nSPS) is 10.3. The molecule has 2 aromatic rings. The Morgan fingerprint density at radius 2 is 2.28 bits per heavy atom. The van der Waals surface area contributed by atoms with E-state index >= 15 is 0 Å². The Balaban J connectivity index is 1.86. The van der Waals surface area contributed by atoms with E-state index in [1.165, 1.54) is 6.39 Å². The van der Waals surface area contributed by atoms with E-state index in [9.17, 15) is 0 Å². The topological polar surface area (TPSA) is 56.5 Å². The highest BCUT2D eigenvalue weighted by atomic mass is 16.5. The van der Waals surface area contributed by atoms with Crippen LogP contribution in [-0.4, -0.2) is 25.3 Å². The molecule has 0 saturated carbocycles. The van der Waals surface area contributed by atoms with Crippen LogP contribution < -0.4 is 10.1 Å². The van der Waals surface area contributed by atoms with Crippen molar-refractivity contribution < 1.29 is 13.9 Å². The van der Waals surface area contributed by atoms with Crippen LogP contribution in [0.3, 0.4) is 0 Å². The molecule has 0 spiro atoms. The molecule has 0 atom stereocenters. The maximum Gasteiger partial charge on any atom is 0.180 e. The third-order valence-corrected chi connectivity index (χ3v) is 2.34. The molecule has 1 aromatic heterocycles. The predicted octanol–water partition coefficient (Wildman–Crippen LogP) is 2.31. The first kappa shape index (κ1) is 12.4. The van der Waals surface area contributed by atoms with Crippen LogP contribution in [0.4, 0.5) is 5.69 Å². The van der Waals surface area contributed by atoms with Crippen molar-refractivity contribution in [3.05, 3.63) is 42.6 Å². The Bertz CT molecular complexity index is 457. The van der Waals surface area contributed by atoms with Gasteiger partial charge in [0.25, 0.3) is 0 Å². The van der Waals surface area contributed by atoms with Gasteiger partial charge in [0.2, 0.25) is 0 Å². The molecule has 0 amide bonds. The van der Waals surface area contributed by atoms with Crippen molar-refractivity contribution in [1.82, 2.24) is 4.98 Å². The third-order valence-electron chi connectivity index (χ3n) is 2.34. The first-order valence-corrected chi connectivity index (χ1v) is 5.71. The average Bonchev–Trinajstić information content (AvgIpc) is 2.90. The van der Waals surface area contributed by atoms with E-state index in [1.54, 1.807) is 13.3 Å². The van der Waals surface area contributed by atoms with Crippen molar-refractivity contribution in [2.24, 2.45) is 0 Å². The molecule has 0 fully saturated rings. The number of rotatable bonds is 7. The van der Waals surface area contributed by atoms with Gasteiger partial charge in [0, 0.05) is 18.9 Å². The van der Waals surface area contributed by atoms with Crippen LogP contribution in [0.2, 0.25) is 0 Å². The first-order valence-electron chi connectivity index (χ1n) is 5.71. The number of nitrogens with zero attached hydrogens (tertiary/aromatic N) is 1. The molecule has 1 aromatic carbocycles. The molecule has 1 heterocycles. The fourth-order valence-electron chi connectivity index (χ4n) is 1.46. The summed E-state index contributed by atoms with van der Waals surface area (Å²) in [6.45, 7) is 1.72. The minimum absolute atomic E-state index is 0.544. The zero-order valence-electron chi connectivity index (χ0n) is 10.3. The molecule has 0 radical (unpaired) electrons. The van der Waals surface area contributed by atoms with E-state index in [-0.39, 0.29) is 0 Å². The van der Waals surface area contributed by atoms with E-state index in [2.05, 4.69) is 10.3 Å². The molecular formula is C13H16N2O3. The van der Waals surface area contributed by atoms with Crippen LogP contribution in [0, 0.1) is 0 Å². The zero-order chi connectivity index (χ0) is 12.6. The molecule has 0 bridgehead atoms. The fraction of sp³-hybridized carbons (Fsp3) is 0.308. The van der Waals surface area contributed by atoms with E-state index in [0.29, 0.717) is 19.8 Å². The summed E-state index contributed by atoms with van der Waals surface area (Å²) < 4.78 is 15.6. The van der Waals surface area contributed by atoms with E-state index in [4.69, 9.17) is 13.9 Å². The second-order valence-corrected chi connectivity index (χ2v) is 3.69. The van der Waals surface area contributed by atoms with Crippen LogP contribution in [0.1, 0.15) is 5.76 Å². The standard InChI is InChI=1S/C13H16N2O3/c1-16-5-6-17-12-4-2-3-11(7-12)15-9-13-8-14-10-18-13/h2-4,7-8,10,15H,5-6,9H2,1H3. The van der Waals surface area contributed by atoms with Gasteiger partial charge < -0.3 is 19.2 Å². The smallest absolute Gasteiger partial charge is 0.180 e. The Hall–Kier alpha value is -2.01. The number of benzene rings is 1. The molecule has 2 rings (SSSR count). The van der Waals surface area contributed by atoms with Gasteiger partial charge in [-0.25, -0.2) is 4.98 Å². The number of ether oxygens (including phenoxy) is 2. The summed E-state index contributed by atoms with van der Waals surface area (Å²) in [4.78, 5) is 3.86. The van der Waals surface area contributed by atoms with Crippen molar-refractivity contribution in [2.45, 2.75) is 6.54 Å². The molecule has 18 heavy (non-hydrogen) atoms. The maximum absolute atomic E-state index is 5.52. The van der Waals surface area contributed by atoms with Gasteiger partial charge >= 0.3 is 0 Å². The fourth-order valence-corrected chi connectivity index (χ4v) is 1.46. The second kappa shape index (κ2) is 6.66. The highest BCUT2D eigenvalue weighted by Crippen LogP contribution is 2.17. The van der Waals surface area contributed by atoms with Crippen LogP contribution in [0.15, 0.2) is 41.3 Å². The molecule has 0 saturated heterocycles. The van der Waals surface area contributed by atoms with Gasteiger partial charge in [-0.05, 0) is 12.1 Å². The summed E-state index contributed by atoms with van der Waals surface area (Å²) in [7, 11) is 1.65. The van der Waals surface area contributed by atoms with E-state index < -0.39 is 0 Å². The van der Waals surface area contributed by atoms with Gasteiger partial charge in [0.15, 0.2) is 6.39 Å². The SMILES string of the molecule is COCCOc1cccc(NCc2cnco2)c1. The van der Waals surface area contributed by atoms with Crippen molar-refractivity contribution >= 4 is 5.69 Å². The Kier molecular flexibility index (Phi) is 4.60. The molecular weight excluding hydrogens is 232 g/mol. The number of hydrogen-bond acceptors (Lipinski definition) is 5. The lowest BCUT2D eigenvalue weighted by atomic mass is 10.3. The zero-order valence-corrected chi connectivity index (χ0v) is 10.3. The second-order valence-electron chi connectivity index (χ2n) is 3.69. The van der Waals surface area contributed by atoms with Gasteiger partial charge in [-0.15, -0.1) is 0 Å².